The Kier molecular flexibility index (Phi) is 6.25. The lowest BCUT2D eigenvalue weighted by molar-refractivity contribution is -0.124. The Morgan fingerprint density at radius 3 is 2.34 bits per heavy atom. The molecule has 5 nitrogen and oxygen atoms in total. The number of para-hydroxylation sites is 1. The van der Waals surface area contributed by atoms with Crippen LogP contribution in [0, 0.1) is 0 Å². The molecule has 0 bridgehead atoms. The van der Waals surface area contributed by atoms with Crippen LogP contribution in [0.5, 0.6) is 0 Å². The van der Waals surface area contributed by atoms with Crippen molar-refractivity contribution in [1.82, 2.24) is 10.2 Å². The molecule has 29 heavy (non-hydrogen) atoms. The van der Waals surface area contributed by atoms with Gasteiger partial charge in [0.25, 0.3) is 0 Å². The first-order valence-corrected chi connectivity index (χ1v) is 10.6. The average molecular weight is 392 g/mol. The van der Waals surface area contributed by atoms with Gasteiger partial charge in [-0.25, -0.2) is 0 Å². The first-order valence-electron chi connectivity index (χ1n) is 10.6. The zero-order chi connectivity index (χ0) is 20.1. The Labute approximate surface area is 172 Å². The standard InChI is InChI=1S/C24H29N3O2/c28-23-14-13-22(27(23)20-11-5-2-6-12-20)24(29)25-18-21(26-15-7-8-16-26)17-19-9-3-1-4-10-19/h1-6,9-12,21-22H,7-8,13-18H2,(H,25,29). The van der Waals surface area contributed by atoms with Gasteiger partial charge in [0.2, 0.25) is 11.8 Å². The Morgan fingerprint density at radius 1 is 1.00 bits per heavy atom. The smallest absolute Gasteiger partial charge is 0.243 e. The molecule has 152 valence electrons. The third-order valence-electron chi connectivity index (χ3n) is 6.03. The number of likely N-dealkylation sites (tertiary alicyclic amines) is 1. The van der Waals surface area contributed by atoms with Gasteiger partial charge in [0.1, 0.15) is 6.04 Å². The lowest BCUT2D eigenvalue weighted by Crippen LogP contribution is -2.49. The maximum atomic E-state index is 13.0. The number of rotatable bonds is 7. The Hall–Kier alpha value is -2.66. The van der Waals surface area contributed by atoms with Gasteiger partial charge in [0, 0.05) is 24.7 Å². The molecular formula is C24H29N3O2. The van der Waals surface area contributed by atoms with Crippen molar-refractivity contribution in [1.29, 1.82) is 0 Å². The molecule has 2 aromatic rings. The van der Waals surface area contributed by atoms with Crippen LogP contribution in [0.2, 0.25) is 0 Å². The Bertz CT molecular complexity index is 819. The van der Waals surface area contributed by atoms with E-state index in [9.17, 15) is 9.59 Å². The van der Waals surface area contributed by atoms with Crippen molar-refractivity contribution < 1.29 is 9.59 Å². The minimum Gasteiger partial charge on any atom is -0.353 e. The quantitative estimate of drug-likeness (QED) is 0.789. The van der Waals surface area contributed by atoms with Crippen molar-refractivity contribution in [3.05, 3.63) is 66.2 Å². The number of nitrogens with one attached hydrogen (secondary N) is 1. The van der Waals surface area contributed by atoms with Gasteiger partial charge < -0.3 is 5.32 Å². The van der Waals surface area contributed by atoms with Crippen LogP contribution in [0.1, 0.15) is 31.2 Å². The summed E-state index contributed by atoms with van der Waals surface area (Å²) >= 11 is 0. The third-order valence-corrected chi connectivity index (χ3v) is 6.03. The van der Waals surface area contributed by atoms with E-state index in [2.05, 4.69) is 34.5 Å². The highest BCUT2D eigenvalue weighted by Gasteiger charge is 2.37. The molecule has 0 saturated carbocycles. The summed E-state index contributed by atoms with van der Waals surface area (Å²) in [6, 6.07) is 19.8. The van der Waals surface area contributed by atoms with Crippen molar-refractivity contribution >= 4 is 17.5 Å². The van der Waals surface area contributed by atoms with Gasteiger partial charge >= 0.3 is 0 Å². The monoisotopic (exact) mass is 391 g/mol. The molecule has 2 aliphatic heterocycles. The summed E-state index contributed by atoms with van der Waals surface area (Å²) in [7, 11) is 0. The number of hydrogen-bond acceptors (Lipinski definition) is 3. The van der Waals surface area contributed by atoms with E-state index >= 15 is 0 Å². The molecule has 2 saturated heterocycles. The lowest BCUT2D eigenvalue weighted by Gasteiger charge is -2.29. The molecule has 2 aromatic carbocycles. The van der Waals surface area contributed by atoms with E-state index in [4.69, 9.17) is 0 Å². The summed E-state index contributed by atoms with van der Waals surface area (Å²) in [5.41, 5.74) is 2.09. The highest BCUT2D eigenvalue weighted by Crippen LogP contribution is 2.26. The fourth-order valence-corrected chi connectivity index (χ4v) is 4.50. The van der Waals surface area contributed by atoms with Gasteiger partial charge in [0.05, 0.1) is 0 Å². The number of nitrogens with zero attached hydrogens (tertiary/aromatic N) is 2. The van der Waals surface area contributed by atoms with Gasteiger partial charge in [-0.05, 0) is 56.5 Å². The number of carbonyl (C=O) groups is 2. The molecule has 5 heteroatoms. The molecule has 0 radical (unpaired) electrons. The molecule has 2 amide bonds. The van der Waals surface area contributed by atoms with Crippen LogP contribution >= 0.6 is 0 Å². The molecular weight excluding hydrogens is 362 g/mol. The highest BCUT2D eigenvalue weighted by atomic mass is 16.2. The van der Waals surface area contributed by atoms with Crippen LogP contribution in [-0.2, 0) is 16.0 Å². The van der Waals surface area contributed by atoms with Crippen LogP contribution in [0.15, 0.2) is 60.7 Å². The minimum absolute atomic E-state index is 0.0247. The first-order chi connectivity index (χ1) is 14.2. The second-order valence-electron chi connectivity index (χ2n) is 7.99. The van der Waals surface area contributed by atoms with Crippen LogP contribution in [0.4, 0.5) is 5.69 Å². The minimum atomic E-state index is -0.416. The van der Waals surface area contributed by atoms with Crippen molar-refractivity contribution in [2.45, 2.75) is 44.2 Å². The summed E-state index contributed by atoms with van der Waals surface area (Å²) in [6.45, 7) is 2.79. The maximum absolute atomic E-state index is 13.0. The zero-order valence-corrected chi connectivity index (χ0v) is 16.8. The normalized spacial score (nSPS) is 20.8. The summed E-state index contributed by atoms with van der Waals surface area (Å²) < 4.78 is 0. The maximum Gasteiger partial charge on any atom is 0.243 e. The first kappa shape index (κ1) is 19.6. The van der Waals surface area contributed by atoms with E-state index in [0.29, 0.717) is 19.4 Å². The third kappa shape index (κ3) is 4.67. The van der Waals surface area contributed by atoms with Gasteiger partial charge in [-0.2, -0.15) is 0 Å². The Balaban J connectivity index is 1.42. The summed E-state index contributed by atoms with van der Waals surface area (Å²) in [5.74, 6) is -0.0197. The van der Waals surface area contributed by atoms with E-state index in [1.165, 1.54) is 18.4 Å². The lowest BCUT2D eigenvalue weighted by atomic mass is 10.0. The molecule has 0 aliphatic carbocycles. The second kappa shape index (κ2) is 9.23. The van der Waals surface area contributed by atoms with Gasteiger partial charge in [-0.1, -0.05) is 48.5 Å². The van der Waals surface area contributed by atoms with Crippen molar-refractivity contribution in [3.63, 3.8) is 0 Å². The molecule has 1 N–H and O–H groups in total. The van der Waals surface area contributed by atoms with Crippen molar-refractivity contribution in [2.24, 2.45) is 0 Å². The fraction of sp³-hybridized carbons (Fsp3) is 0.417. The SMILES string of the molecule is O=C(NCC(Cc1ccccc1)N1CCCC1)C1CCC(=O)N1c1ccccc1. The molecule has 2 atom stereocenters. The number of benzene rings is 2. The molecule has 0 spiro atoms. The highest BCUT2D eigenvalue weighted by molar-refractivity contribution is 6.03. The molecule has 0 aromatic heterocycles. The summed E-state index contributed by atoms with van der Waals surface area (Å²) in [4.78, 5) is 29.6. The molecule has 2 aliphatic rings. The Morgan fingerprint density at radius 2 is 1.66 bits per heavy atom. The number of amides is 2. The predicted molar refractivity (Wildman–Crippen MR) is 115 cm³/mol. The fourth-order valence-electron chi connectivity index (χ4n) is 4.50. The van der Waals surface area contributed by atoms with E-state index in [-0.39, 0.29) is 17.9 Å². The number of anilines is 1. The van der Waals surface area contributed by atoms with Crippen molar-refractivity contribution in [3.8, 4) is 0 Å². The van der Waals surface area contributed by atoms with Crippen LogP contribution < -0.4 is 10.2 Å². The molecule has 2 fully saturated rings. The van der Waals surface area contributed by atoms with Crippen LogP contribution in [0.25, 0.3) is 0 Å². The summed E-state index contributed by atoms with van der Waals surface area (Å²) in [6.07, 6.45) is 4.36. The summed E-state index contributed by atoms with van der Waals surface area (Å²) in [5, 5.41) is 3.17. The number of carbonyl (C=O) groups excluding carboxylic acids is 2. The number of hydrogen-bond donors (Lipinski definition) is 1. The van der Waals surface area contributed by atoms with E-state index in [1.807, 2.05) is 36.4 Å². The van der Waals surface area contributed by atoms with E-state index in [1.54, 1.807) is 4.90 Å². The topological polar surface area (TPSA) is 52.7 Å². The van der Waals surface area contributed by atoms with Crippen molar-refractivity contribution in [2.75, 3.05) is 24.5 Å². The van der Waals surface area contributed by atoms with E-state index in [0.717, 1.165) is 25.2 Å². The zero-order valence-electron chi connectivity index (χ0n) is 16.8. The van der Waals surface area contributed by atoms with E-state index < -0.39 is 6.04 Å². The van der Waals surface area contributed by atoms with Gasteiger partial charge in [-0.3, -0.25) is 19.4 Å². The van der Waals surface area contributed by atoms with Crippen LogP contribution in [0.3, 0.4) is 0 Å². The second-order valence-corrected chi connectivity index (χ2v) is 7.99. The van der Waals surface area contributed by atoms with Gasteiger partial charge in [0.15, 0.2) is 0 Å². The molecule has 2 unspecified atom stereocenters. The largest absolute Gasteiger partial charge is 0.353 e. The average Bonchev–Trinajstić information content (AvgIpc) is 3.42. The molecule has 2 heterocycles. The van der Waals surface area contributed by atoms with Crippen LogP contribution in [-0.4, -0.2) is 48.4 Å². The molecule has 4 rings (SSSR count). The van der Waals surface area contributed by atoms with Gasteiger partial charge in [-0.15, -0.1) is 0 Å². The predicted octanol–water partition coefficient (Wildman–Crippen LogP) is 3.01.